The molecule has 0 bridgehead atoms. The minimum Gasteiger partial charge on any atom is -0.370 e. The van der Waals surface area contributed by atoms with Crippen molar-refractivity contribution in [1.82, 2.24) is 15.0 Å². The molecule has 5 nitrogen and oxygen atoms in total. The van der Waals surface area contributed by atoms with Crippen LogP contribution in [0.1, 0.15) is 23.5 Å². The van der Waals surface area contributed by atoms with Gasteiger partial charge in [0.25, 0.3) is 0 Å². The molecule has 0 aliphatic rings. The Labute approximate surface area is 129 Å². The van der Waals surface area contributed by atoms with Gasteiger partial charge in [0, 0.05) is 13.0 Å². The third kappa shape index (κ3) is 3.07. The zero-order valence-electron chi connectivity index (χ0n) is 12.4. The predicted octanol–water partition coefficient (Wildman–Crippen LogP) is 3.18. The Morgan fingerprint density at radius 3 is 2.86 bits per heavy atom. The van der Waals surface area contributed by atoms with Crippen LogP contribution in [0.4, 0.5) is 5.82 Å². The van der Waals surface area contributed by atoms with Crippen LogP contribution < -0.4 is 5.32 Å². The summed E-state index contributed by atoms with van der Waals surface area (Å²) in [4.78, 5) is 12.2. The maximum Gasteiger partial charge on any atom is 0.145 e. The van der Waals surface area contributed by atoms with Crippen LogP contribution >= 0.6 is 0 Å². The van der Waals surface area contributed by atoms with Crippen molar-refractivity contribution in [3.63, 3.8) is 0 Å². The number of pyridine rings is 1. The van der Waals surface area contributed by atoms with Gasteiger partial charge in [0.05, 0.1) is 11.0 Å². The van der Waals surface area contributed by atoms with Crippen molar-refractivity contribution in [2.24, 2.45) is 0 Å². The van der Waals surface area contributed by atoms with Crippen LogP contribution in [0.2, 0.25) is 0 Å². The SMILES string of the molecule is Cc1ccc(NCCCc2nc3ccccc3[nH]2)nc1C#N. The van der Waals surface area contributed by atoms with Gasteiger partial charge in [0.15, 0.2) is 0 Å². The molecule has 0 aliphatic heterocycles. The molecule has 0 radical (unpaired) electrons. The van der Waals surface area contributed by atoms with Gasteiger partial charge < -0.3 is 10.3 Å². The maximum absolute atomic E-state index is 8.98. The number of nitriles is 1. The summed E-state index contributed by atoms with van der Waals surface area (Å²) < 4.78 is 0. The zero-order chi connectivity index (χ0) is 15.4. The molecule has 2 aromatic heterocycles. The van der Waals surface area contributed by atoms with E-state index in [1.807, 2.05) is 43.3 Å². The van der Waals surface area contributed by atoms with Gasteiger partial charge in [0.2, 0.25) is 0 Å². The second-order valence-corrected chi connectivity index (χ2v) is 5.20. The topological polar surface area (TPSA) is 77.4 Å². The molecule has 0 aliphatic carbocycles. The summed E-state index contributed by atoms with van der Waals surface area (Å²) in [6.45, 7) is 2.68. The molecular weight excluding hydrogens is 274 g/mol. The minimum atomic E-state index is 0.474. The fourth-order valence-electron chi connectivity index (χ4n) is 2.34. The largest absolute Gasteiger partial charge is 0.370 e. The van der Waals surface area contributed by atoms with Gasteiger partial charge in [-0.3, -0.25) is 0 Å². The molecule has 0 fully saturated rings. The highest BCUT2D eigenvalue weighted by atomic mass is 15.0. The van der Waals surface area contributed by atoms with E-state index < -0.39 is 0 Å². The number of imidazole rings is 1. The fraction of sp³-hybridized carbons (Fsp3) is 0.235. The fourth-order valence-corrected chi connectivity index (χ4v) is 2.34. The number of aryl methyl sites for hydroxylation is 2. The molecule has 0 amide bonds. The molecule has 5 heteroatoms. The van der Waals surface area contributed by atoms with Gasteiger partial charge in [-0.15, -0.1) is 0 Å². The van der Waals surface area contributed by atoms with E-state index in [9.17, 15) is 0 Å². The molecule has 0 atom stereocenters. The van der Waals surface area contributed by atoms with Gasteiger partial charge in [0.1, 0.15) is 23.4 Å². The smallest absolute Gasteiger partial charge is 0.145 e. The van der Waals surface area contributed by atoms with E-state index in [2.05, 4.69) is 26.3 Å². The van der Waals surface area contributed by atoms with Crippen molar-refractivity contribution >= 4 is 16.9 Å². The highest BCUT2D eigenvalue weighted by molar-refractivity contribution is 5.74. The molecule has 2 N–H and O–H groups in total. The predicted molar refractivity (Wildman–Crippen MR) is 86.6 cm³/mol. The molecular formula is C17H17N5. The molecule has 3 rings (SSSR count). The van der Waals surface area contributed by atoms with Crippen LogP contribution in [-0.2, 0) is 6.42 Å². The maximum atomic E-state index is 8.98. The quantitative estimate of drug-likeness (QED) is 0.708. The molecule has 0 spiro atoms. The van der Waals surface area contributed by atoms with Crippen LogP contribution in [0, 0.1) is 18.3 Å². The first-order valence-electron chi connectivity index (χ1n) is 7.31. The van der Waals surface area contributed by atoms with Crippen LogP contribution in [0.25, 0.3) is 11.0 Å². The number of fused-ring (bicyclic) bond motifs is 1. The lowest BCUT2D eigenvalue weighted by Crippen LogP contribution is -2.06. The summed E-state index contributed by atoms with van der Waals surface area (Å²) in [6, 6.07) is 13.9. The Morgan fingerprint density at radius 1 is 1.18 bits per heavy atom. The van der Waals surface area contributed by atoms with Crippen LogP contribution in [-0.4, -0.2) is 21.5 Å². The summed E-state index contributed by atoms with van der Waals surface area (Å²) >= 11 is 0. The lowest BCUT2D eigenvalue weighted by molar-refractivity contribution is 0.817. The standard InChI is InChI=1S/C17H17N5/c1-12-8-9-16(22-15(12)11-18)19-10-4-7-17-20-13-5-2-3-6-14(13)21-17/h2-3,5-6,8-9H,4,7,10H2,1H3,(H,19,22)(H,20,21). The first-order valence-corrected chi connectivity index (χ1v) is 7.31. The Hall–Kier alpha value is -2.87. The van der Waals surface area contributed by atoms with Gasteiger partial charge >= 0.3 is 0 Å². The number of nitrogens with one attached hydrogen (secondary N) is 2. The molecule has 0 unspecified atom stereocenters. The number of para-hydroxylation sites is 2. The van der Waals surface area contributed by atoms with Crippen molar-refractivity contribution in [2.75, 3.05) is 11.9 Å². The van der Waals surface area contributed by atoms with Crippen LogP contribution in [0.3, 0.4) is 0 Å². The lowest BCUT2D eigenvalue weighted by Gasteiger charge is -2.06. The van der Waals surface area contributed by atoms with E-state index in [0.29, 0.717) is 5.69 Å². The van der Waals surface area contributed by atoms with Crippen molar-refractivity contribution in [3.05, 3.63) is 53.5 Å². The van der Waals surface area contributed by atoms with Gasteiger partial charge in [-0.05, 0) is 37.1 Å². The molecule has 3 aromatic rings. The van der Waals surface area contributed by atoms with Gasteiger partial charge in [-0.25, -0.2) is 9.97 Å². The van der Waals surface area contributed by atoms with E-state index >= 15 is 0 Å². The lowest BCUT2D eigenvalue weighted by atomic mass is 10.2. The number of aromatic nitrogens is 3. The highest BCUT2D eigenvalue weighted by Crippen LogP contribution is 2.12. The average Bonchev–Trinajstić information content (AvgIpc) is 2.95. The van der Waals surface area contributed by atoms with Gasteiger partial charge in [-0.1, -0.05) is 18.2 Å². The Balaban J connectivity index is 1.54. The molecule has 0 saturated heterocycles. The summed E-state index contributed by atoms with van der Waals surface area (Å²) in [7, 11) is 0. The van der Waals surface area contributed by atoms with Crippen molar-refractivity contribution in [2.45, 2.75) is 19.8 Å². The Morgan fingerprint density at radius 2 is 2.05 bits per heavy atom. The monoisotopic (exact) mass is 291 g/mol. The molecule has 1 aromatic carbocycles. The Kier molecular flexibility index (Phi) is 4.01. The van der Waals surface area contributed by atoms with Crippen molar-refractivity contribution in [3.8, 4) is 6.07 Å². The molecule has 0 saturated carbocycles. The van der Waals surface area contributed by atoms with Crippen molar-refractivity contribution in [1.29, 1.82) is 5.26 Å². The number of aromatic amines is 1. The van der Waals surface area contributed by atoms with E-state index in [-0.39, 0.29) is 0 Å². The molecule has 2 heterocycles. The Bertz CT molecular complexity index is 795. The average molecular weight is 291 g/mol. The second kappa shape index (κ2) is 6.27. The third-order valence-electron chi connectivity index (χ3n) is 3.54. The first kappa shape index (κ1) is 14.1. The number of anilines is 1. The first-order chi connectivity index (χ1) is 10.8. The van der Waals surface area contributed by atoms with E-state index in [1.54, 1.807) is 0 Å². The molecule has 22 heavy (non-hydrogen) atoms. The normalized spacial score (nSPS) is 10.5. The van der Waals surface area contributed by atoms with E-state index in [0.717, 1.165) is 47.6 Å². The van der Waals surface area contributed by atoms with Gasteiger partial charge in [-0.2, -0.15) is 5.26 Å². The molecule has 110 valence electrons. The number of nitrogens with zero attached hydrogens (tertiary/aromatic N) is 3. The summed E-state index contributed by atoms with van der Waals surface area (Å²) in [5, 5.41) is 12.2. The number of hydrogen-bond acceptors (Lipinski definition) is 4. The summed E-state index contributed by atoms with van der Waals surface area (Å²) in [5.74, 6) is 1.74. The number of benzene rings is 1. The third-order valence-corrected chi connectivity index (χ3v) is 3.54. The zero-order valence-corrected chi connectivity index (χ0v) is 12.4. The van der Waals surface area contributed by atoms with E-state index in [1.165, 1.54) is 0 Å². The highest BCUT2D eigenvalue weighted by Gasteiger charge is 2.03. The number of hydrogen-bond donors (Lipinski definition) is 2. The number of H-pyrrole nitrogens is 1. The summed E-state index contributed by atoms with van der Waals surface area (Å²) in [6.07, 6.45) is 1.82. The second-order valence-electron chi connectivity index (χ2n) is 5.20. The summed E-state index contributed by atoms with van der Waals surface area (Å²) in [5.41, 5.74) is 3.45. The van der Waals surface area contributed by atoms with E-state index in [4.69, 9.17) is 5.26 Å². The number of rotatable bonds is 5. The van der Waals surface area contributed by atoms with Crippen molar-refractivity contribution < 1.29 is 0 Å². The minimum absolute atomic E-state index is 0.474. The van der Waals surface area contributed by atoms with Crippen LogP contribution in [0.5, 0.6) is 0 Å². The van der Waals surface area contributed by atoms with Crippen LogP contribution in [0.15, 0.2) is 36.4 Å².